The Morgan fingerprint density at radius 3 is 1.90 bits per heavy atom. The zero-order chi connectivity index (χ0) is 21.7. The molecule has 0 bridgehead atoms. The summed E-state index contributed by atoms with van der Waals surface area (Å²) in [6.07, 6.45) is 0. The highest BCUT2D eigenvalue weighted by molar-refractivity contribution is 9.10. The number of aromatic amines is 2. The molecule has 1 fully saturated rings. The van der Waals surface area contributed by atoms with Crippen molar-refractivity contribution in [3.8, 4) is 0 Å². The third-order valence-electron chi connectivity index (χ3n) is 5.53. The lowest BCUT2D eigenvalue weighted by Gasteiger charge is -2.32. The lowest BCUT2D eigenvalue weighted by atomic mass is 9.79. The number of hydrogen-bond donors (Lipinski definition) is 2. The second-order valence-electron chi connectivity index (χ2n) is 8.10. The molecule has 1 aliphatic heterocycles. The van der Waals surface area contributed by atoms with Gasteiger partial charge in [0.05, 0.1) is 22.2 Å². The van der Waals surface area contributed by atoms with Crippen LogP contribution in [0.1, 0.15) is 27.7 Å². The van der Waals surface area contributed by atoms with E-state index in [0.717, 1.165) is 31.7 Å². The largest absolute Gasteiger partial charge is 0.494 e. The molecule has 0 aliphatic carbocycles. The molecule has 0 atom stereocenters. The summed E-state index contributed by atoms with van der Waals surface area (Å²) in [6.45, 7) is 8.15. The van der Waals surface area contributed by atoms with E-state index in [-0.39, 0.29) is 18.3 Å². The van der Waals surface area contributed by atoms with Crippen LogP contribution in [0, 0.1) is 0 Å². The number of nitrogens with zero attached hydrogens (tertiary/aromatic N) is 2. The van der Waals surface area contributed by atoms with E-state index in [9.17, 15) is 0 Å². The summed E-state index contributed by atoms with van der Waals surface area (Å²) in [5, 5.41) is 16.5. The van der Waals surface area contributed by atoms with Gasteiger partial charge in [0.15, 0.2) is 0 Å². The third-order valence-corrected chi connectivity index (χ3v) is 6.60. The van der Waals surface area contributed by atoms with Gasteiger partial charge in [0.25, 0.3) is 0 Å². The lowest BCUT2D eigenvalue weighted by Crippen LogP contribution is -2.41. The van der Waals surface area contributed by atoms with Crippen molar-refractivity contribution in [3.05, 3.63) is 51.2 Å². The minimum atomic E-state index is -0.375. The fraction of sp³-hybridized carbons (Fsp3) is 0.300. The number of hydrogen-bond acceptors (Lipinski definition) is 4. The van der Waals surface area contributed by atoms with Gasteiger partial charge in [0.1, 0.15) is 10.3 Å². The molecule has 0 radical (unpaired) electrons. The van der Waals surface area contributed by atoms with Crippen molar-refractivity contribution in [2.45, 2.75) is 38.9 Å². The number of halogens is 3. The normalized spacial score (nSPS) is 17.4. The first kappa shape index (κ1) is 21.6. The molecule has 2 N–H and O–H groups in total. The summed E-state index contributed by atoms with van der Waals surface area (Å²) in [5.41, 5.74) is 2.00. The van der Waals surface area contributed by atoms with Gasteiger partial charge < -0.3 is 9.31 Å². The van der Waals surface area contributed by atoms with Crippen LogP contribution in [0.5, 0.6) is 0 Å². The Hall–Kier alpha value is -1.58. The standard InChI is InChI=1S/C13H16BClN2O2.C7H4BrClN2/c1-12(2)13(3,4)19-14(18-12)8-5-6-10-9(7-8)11(15)17-16-10;8-4-1-2-6-5(3-4)7(9)11-10-6/h5-7H,1-4H3,(H,16,17);1-3H,(H,10,11). The second-order valence-corrected chi connectivity index (χ2v) is 9.77. The Bertz CT molecular complexity index is 1210. The van der Waals surface area contributed by atoms with E-state index in [4.69, 9.17) is 32.5 Å². The average molecular weight is 510 g/mol. The Kier molecular flexibility index (Phi) is 5.66. The first-order valence-electron chi connectivity index (χ1n) is 9.36. The SMILES string of the molecule is CC1(C)OB(c2ccc3n[nH]c(Cl)c3c2)OC1(C)C.Clc1[nH]nc2ccc(Br)cc12. The molecule has 1 saturated heterocycles. The highest BCUT2D eigenvalue weighted by Gasteiger charge is 2.51. The van der Waals surface area contributed by atoms with Crippen LogP contribution in [0.3, 0.4) is 0 Å². The number of fused-ring (bicyclic) bond motifs is 2. The quantitative estimate of drug-likeness (QED) is 0.332. The minimum absolute atomic E-state index is 0.340. The first-order chi connectivity index (χ1) is 14.1. The Morgan fingerprint density at radius 2 is 1.33 bits per heavy atom. The molecule has 5 rings (SSSR count). The van der Waals surface area contributed by atoms with Crippen molar-refractivity contribution in [2.75, 3.05) is 0 Å². The summed E-state index contributed by atoms with van der Waals surface area (Å²) >= 11 is 15.2. The zero-order valence-electron chi connectivity index (χ0n) is 16.9. The maximum Gasteiger partial charge on any atom is 0.494 e. The molecule has 2 aromatic heterocycles. The number of nitrogens with one attached hydrogen (secondary N) is 2. The fourth-order valence-corrected chi connectivity index (χ4v) is 3.82. The maximum atomic E-state index is 6.06. The van der Waals surface area contributed by atoms with Crippen LogP contribution in [-0.2, 0) is 9.31 Å². The van der Waals surface area contributed by atoms with Gasteiger partial charge in [0, 0.05) is 15.2 Å². The highest BCUT2D eigenvalue weighted by atomic mass is 79.9. The molecule has 0 amide bonds. The second kappa shape index (κ2) is 7.84. The lowest BCUT2D eigenvalue weighted by molar-refractivity contribution is 0.00578. The van der Waals surface area contributed by atoms with Gasteiger partial charge in [-0.2, -0.15) is 10.2 Å². The molecule has 3 heterocycles. The smallest absolute Gasteiger partial charge is 0.399 e. The van der Waals surface area contributed by atoms with E-state index in [2.05, 4.69) is 36.3 Å². The predicted molar refractivity (Wildman–Crippen MR) is 126 cm³/mol. The van der Waals surface area contributed by atoms with E-state index in [1.54, 1.807) is 0 Å². The molecule has 30 heavy (non-hydrogen) atoms. The van der Waals surface area contributed by atoms with Crippen LogP contribution in [0.4, 0.5) is 0 Å². The summed E-state index contributed by atoms with van der Waals surface area (Å²) in [7, 11) is -0.375. The van der Waals surface area contributed by atoms with Crippen molar-refractivity contribution < 1.29 is 9.31 Å². The summed E-state index contributed by atoms with van der Waals surface area (Å²) in [4.78, 5) is 0. The van der Waals surface area contributed by atoms with Gasteiger partial charge in [-0.25, -0.2) is 0 Å². The third kappa shape index (κ3) is 3.99. The van der Waals surface area contributed by atoms with E-state index in [1.165, 1.54) is 0 Å². The molecule has 156 valence electrons. The van der Waals surface area contributed by atoms with Gasteiger partial charge in [-0.3, -0.25) is 10.2 Å². The van der Waals surface area contributed by atoms with E-state index < -0.39 is 0 Å². The van der Waals surface area contributed by atoms with Gasteiger partial charge in [-0.15, -0.1) is 0 Å². The van der Waals surface area contributed by atoms with Crippen molar-refractivity contribution in [1.29, 1.82) is 0 Å². The van der Waals surface area contributed by atoms with Crippen molar-refractivity contribution in [3.63, 3.8) is 0 Å². The van der Waals surface area contributed by atoms with Crippen LogP contribution in [0.2, 0.25) is 10.3 Å². The Morgan fingerprint density at radius 1 is 0.833 bits per heavy atom. The Labute approximate surface area is 192 Å². The van der Waals surface area contributed by atoms with Crippen LogP contribution in [-0.4, -0.2) is 38.7 Å². The molecule has 1 aliphatic rings. The van der Waals surface area contributed by atoms with Crippen molar-refractivity contribution in [1.82, 2.24) is 20.4 Å². The van der Waals surface area contributed by atoms with Gasteiger partial charge in [-0.1, -0.05) is 45.2 Å². The number of rotatable bonds is 1. The van der Waals surface area contributed by atoms with Crippen molar-refractivity contribution in [2.24, 2.45) is 0 Å². The fourth-order valence-electron chi connectivity index (χ4n) is 3.07. The highest BCUT2D eigenvalue weighted by Crippen LogP contribution is 2.36. The van der Waals surface area contributed by atoms with Gasteiger partial charge in [-0.05, 0) is 63.5 Å². The Balaban J connectivity index is 0.000000168. The molecule has 6 nitrogen and oxygen atoms in total. The van der Waals surface area contributed by atoms with Gasteiger partial charge >= 0.3 is 7.12 Å². The molecule has 0 saturated carbocycles. The zero-order valence-corrected chi connectivity index (χ0v) is 20.0. The van der Waals surface area contributed by atoms with Crippen LogP contribution in [0.15, 0.2) is 40.9 Å². The molecule has 4 aromatic rings. The summed E-state index contributed by atoms with van der Waals surface area (Å²) in [6, 6.07) is 11.6. The van der Waals surface area contributed by atoms with Crippen LogP contribution in [0.25, 0.3) is 21.8 Å². The molecule has 0 unspecified atom stereocenters. The van der Waals surface area contributed by atoms with Crippen LogP contribution < -0.4 is 5.46 Å². The monoisotopic (exact) mass is 508 g/mol. The molecular weight excluding hydrogens is 490 g/mol. The van der Waals surface area contributed by atoms with E-state index in [1.807, 2.05) is 64.1 Å². The number of benzene rings is 2. The maximum absolute atomic E-state index is 6.06. The minimum Gasteiger partial charge on any atom is -0.399 e. The molecule has 0 spiro atoms. The topological polar surface area (TPSA) is 75.8 Å². The van der Waals surface area contributed by atoms with Crippen molar-refractivity contribution >= 4 is 73.5 Å². The molecular formula is C20H20BBrCl2N4O2. The van der Waals surface area contributed by atoms with Gasteiger partial charge in [0.2, 0.25) is 0 Å². The summed E-state index contributed by atoms with van der Waals surface area (Å²) in [5.74, 6) is 0. The average Bonchev–Trinajstić information content (AvgIpc) is 3.30. The van der Waals surface area contributed by atoms with E-state index in [0.29, 0.717) is 10.3 Å². The first-order valence-corrected chi connectivity index (χ1v) is 10.9. The number of H-pyrrole nitrogens is 2. The molecule has 2 aromatic carbocycles. The molecule has 10 heteroatoms. The van der Waals surface area contributed by atoms with Crippen LogP contribution >= 0.6 is 39.1 Å². The summed E-state index contributed by atoms with van der Waals surface area (Å²) < 4.78 is 13.0. The predicted octanol–water partition coefficient (Wildman–Crippen LogP) is 5.49. The number of aromatic nitrogens is 4. The van der Waals surface area contributed by atoms with E-state index >= 15 is 0 Å².